The summed E-state index contributed by atoms with van der Waals surface area (Å²) >= 11 is 5.90. The van der Waals surface area contributed by atoms with Gasteiger partial charge in [-0.25, -0.2) is 9.97 Å². The average molecular weight is 395 g/mol. The Labute approximate surface area is 166 Å². The summed E-state index contributed by atoms with van der Waals surface area (Å²) in [4.78, 5) is 11.3. The van der Waals surface area contributed by atoms with Gasteiger partial charge in [0, 0.05) is 73.9 Å². The SMILES string of the molecule is Cln1cc(-c2ccc3c(Nc4ccnc(N5CCNCC5)c4)nccn23)cn1. The van der Waals surface area contributed by atoms with Crippen LogP contribution < -0.4 is 15.5 Å². The summed E-state index contributed by atoms with van der Waals surface area (Å²) < 4.78 is 3.35. The number of pyridine rings is 1. The van der Waals surface area contributed by atoms with E-state index in [9.17, 15) is 0 Å². The van der Waals surface area contributed by atoms with E-state index in [0.29, 0.717) is 0 Å². The highest BCUT2D eigenvalue weighted by atomic mass is 35.5. The van der Waals surface area contributed by atoms with Crippen molar-refractivity contribution < 1.29 is 0 Å². The molecule has 28 heavy (non-hydrogen) atoms. The molecule has 0 bridgehead atoms. The number of hydrogen-bond donors (Lipinski definition) is 2. The second-order valence-electron chi connectivity index (χ2n) is 6.63. The molecule has 1 aliphatic rings. The first-order valence-corrected chi connectivity index (χ1v) is 9.48. The number of anilines is 3. The molecule has 0 saturated carbocycles. The molecule has 142 valence electrons. The predicted octanol–water partition coefficient (Wildman–Crippen LogP) is 2.75. The molecule has 0 amide bonds. The lowest BCUT2D eigenvalue weighted by molar-refractivity contribution is 0.585. The van der Waals surface area contributed by atoms with E-state index in [1.165, 1.54) is 4.20 Å². The summed E-state index contributed by atoms with van der Waals surface area (Å²) in [5.74, 6) is 1.76. The zero-order chi connectivity index (χ0) is 18.9. The standard InChI is InChI=1S/C19H19ClN8/c20-28-13-14(12-24-28)16-1-2-17-19(23-7-10-27(16)17)25-15-3-4-22-18(11-15)26-8-5-21-6-9-26/h1-4,7,10-13,21H,5-6,8-9H2,(H,22,23,25). The van der Waals surface area contributed by atoms with E-state index in [1.54, 1.807) is 18.6 Å². The van der Waals surface area contributed by atoms with Crippen LogP contribution in [-0.4, -0.2) is 49.8 Å². The van der Waals surface area contributed by atoms with Gasteiger partial charge in [0.25, 0.3) is 0 Å². The van der Waals surface area contributed by atoms with Crippen molar-refractivity contribution in [3.05, 3.63) is 55.2 Å². The van der Waals surface area contributed by atoms with E-state index in [-0.39, 0.29) is 0 Å². The number of nitrogens with one attached hydrogen (secondary N) is 2. The van der Waals surface area contributed by atoms with Crippen LogP contribution in [-0.2, 0) is 0 Å². The minimum Gasteiger partial charge on any atom is -0.354 e. The van der Waals surface area contributed by atoms with Crippen molar-refractivity contribution in [1.82, 2.24) is 29.0 Å². The van der Waals surface area contributed by atoms with Crippen molar-refractivity contribution in [2.75, 3.05) is 36.4 Å². The maximum absolute atomic E-state index is 5.90. The van der Waals surface area contributed by atoms with Gasteiger partial charge in [-0.1, -0.05) is 0 Å². The van der Waals surface area contributed by atoms with E-state index in [4.69, 9.17) is 11.8 Å². The first kappa shape index (κ1) is 17.0. The maximum atomic E-state index is 5.90. The van der Waals surface area contributed by atoms with E-state index < -0.39 is 0 Å². The Balaban J connectivity index is 1.46. The number of fused-ring (bicyclic) bond motifs is 1. The van der Waals surface area contributed by atoms with Gasteiger partial charge in [-0.2, -0.15) is 9.30 Å². The zero-order valence-electron chi connectivity index (χ0n) is 15.1. The Morgan fingerprint density at radius 2 is 1.96 bits per heavy atom. The van der Waals surface area contributed by atoms with Crippen molar-refractivity contribution in [1.29, 1.82) is 0 Å². The number of nitrogens with zero attached hydrogens (tertiary/aromatic N) is 6. The molecule has 5 heterocycles. The summed E-state index contributed by atoms with van der Waals surface area (Å²) in [6.07, 6.45) is 9.06. The van der Waals surface area contributed by atoms with Gasteiger partial charge in [-0.15, -0.1) is 0 Å². The molecular weight excluding hydrogens is 376 g/mol. The van der Waals surface area contributed by atoms with E-state index in [2.05, 4.69) is 41.1 Å². The number of rotatable bonds is 4. The molecule has 1 saturated heterocycles. The normalized spacial score (nSPS) is 14.5. The predicted molar refractivity (Wildman–Crippen MR) is 110 cm³/mol. The van der Waals surface area contributed by atoms with Crippen LogP contribution in [0.15, 0.2) is 55.2 Å². The Bertz CT molecular complexity index is 1110. The molecule has 1 aliphatic heterocycles. The Morgan fingerprint density at radius 3 is 2.79 bits per heavy atom. The molecule has 0 unspecified atom stereocenters. The molecule has 4 aromatic rings. The molecule has 5 rings (SSSR count). The molecule has 0 atom stereocenters. The topological polar surface area (TPSA) is 75.3 Å². The lowest BCUT2D eigenvalue weighted by Gasteiger charge is -2.28. The smallest absolute Gasteiger partial charge is 0.154 e. The molecular formula is C19H19ClN8. The Kier molecular flexibility index (Phi) is 4.34. The van der Waals surface area contributed by atoms with Gasteiger partial charge in [0.05, 0.1) is 23.6 Å². The second kappa shape index (κ2) is 7.14. The fourth-order valence-corrected chi connectivity index (χ4v) is 3.65. The molecule has 9 heteroatoms. The number of piperazine rings is 1. The fraction of sp³-hybridized carbons (Fsp3) is 0.211. The summed E-state index contributed by atoms with van der Waals surface area (Å²) in [5.41, 5.74) is 3.88. The molecule has 0 radical (unpaired) electrons. The first-order chi connectivity index (χ1) is 13.8. The lowest BCUT2D eigenvalue weighted by Crippen LogP contribution is -2.43. The quantitative estimate of drug-likeness (QED) is 0.554. The van der Waals surface area contributed by atoms with E-state index in [1.807, 2.05) is 30.6 Å². The highest BCUT2D eigenvalue weighted by Gasteiger charge is 2.13. The minimum atomic E-state index is 0.782. The van der Waals surface area contributed by atoms with Crippen molar-refractivity contribution in [3.8, 4) is 11.3 Å². The van der Waals surface area contributed by atoms with Crippen LogP contribution in [0.1, 0.15) is 0 Å². The summed E-state index contributed by atoms with van der Waals surface area (Å²) in [5, 5.41) is 10.8. The van der Waals surface area contributed by atoms with Crippen LogP contribution in [0.3, 0.4) is 0 Å². The Hall–Kier alpha value is -3.10. The van der Waals surface area contributed by atoms with Gasteiger partial charge >= 0.3 is 0 Å². The van der Waals surface area contributed by atoms with Gasteiger partial charge in [-0.05, 0) is 18.2 Å². The zero-order valence-corrected chi connectivity index (χ0v) is 15.8. The molecule has 4 aromatic heterocycles. The molecule has 0 aromatic carbocycles. The van der Waals surface area contributed by atoms with E-state index >= 15 is 0 Å². The second-order valence-corrected chi connectivity index (χ2v) is 6.98. The molecule has 1 fully saturated rings. The van der Waals surface area contributed by atoms with E-state index in [0.717, 1.165) is 60.3 Å². The molecule has 8 nitrogen and oxygen atoms in total. The molecule has 2 N–H and O–H groups in total. The third-order valence-corrected chi connectivity index (χ3v) is 5.06. The van der Waals surface area contributed by atoms with Gasteiger partial charge in [0.2, 0.25) is 0 Å². The van der Waals surface area contributed by atoms with Crippen LogP contribution in [0.5, 0.6) is 0 Å². The summed E-state index contributed by atoms with van der Waals surface area (Å²) in [7, 11) is 0. The molecule has 0 spiro atoms. The number of hydrogen-bond acceptors (Lipinski definition) is 6. The van der Waals surface area contributed by atoms with Gasteiger partial charge < -0.3 is 19.9 Å². The van der Waals surface area contributed by atoms with Crippen LogP contribution in [0, 0.1) is 0 Å². The minimum absolute atomic E-state index is 0.782. The Morgan fingerprint density at radius 1 is 1.07 bits per heavy atom. The van der Waals surface area contributed by atoms with Crippen LogP contribution in [0.2, 0.25) is 0 Å². The van der Waals surface area contributed by atoms with Gasteiger partial charge in [-0.3, -0.25) is 0 Å². The summed E-state index contributed by atoms with van der Waals surface area (Å²) in [6, 6.07) is 8.10. The fourth-order valence-electron chi connectivity index (χ4n) is 3.50. The van der Waals surface area contributed by atoms with Crippen molar-refractivity contribution in [3.63, 3.8) is 0 Å². The van der Waals surface area contributed by atoms with Crippen LogP contribution >= 0.6 is 11.8 Å². The average Bonchev–Trinajstić information content (AvgIpc) is 3.35. The highest BCUT2D eigenvalue weighted by Crippen LogP contribution is 2.28. The van der Waals surface area contributed by atoms with Crippen LogP contribution in [0.4, 0.5) is 17.3 Å². The summed E-state index contributed by atoms with van der Waals surface area (Å²) in [6.45, 7) is 3.87. The lowest BCUT2D eigenvalue weighted by atomic mass is 10.3. The van der Waals surface area contributed by atoms with Crippen LogP contribution in [0.25, 0.3) is 16.8 Å². The maximum Gasteiger partial charge on any atom is 0.154 e. The highest BCUT2D eigenvalue weighted by molar-refractivity contribution is 6.14. The third kappa shape index (κ3) is 3.17. The van der Waals surface area contributed by atoms with Crippen molar-refractivity contribution >= 4 is 34.6 Å². The number of halogens is 1. The van der Waals surface area contributed by atoms with Gasteiger partial charge in [0.15, 0.2) is 5.82 Å². The van der Waals surface area contributed by atoms with Crippen molar-refractivity contribution in [2.24, 2.45) is 0 Å². The van der Waals surface area contributed by atoms with Crippen molar-refractivity contribution in [2.45, 2.75) is 0 Å². The molecule has 0 aliphatic carbocycles. The number of aromatic nitrogens is 5. The largest absolute Gasteiger partial charge is 0.354 e. The monoisotopic (exact) mass is 394 g/mol. The van der Waals surface area contributed by atoms with Gasteiger partial charge in [0.1, 0.15) is 5.82 Å². The third-order valence-electron chi connectivity index (χ3n) is 4.88. The first-order valence-electron chi connectivity index (χ1n) is 9.14.